The molecule has 1 rings (SSSR count). The molecule has 92 valence electrons. The zero-order valence-electron chi connectivity index (χ0n) is 8.58. The fourth-order valence-electron chi connectivity index (χ4n) is 1.07. The third-order valence-electron chi connectivity index (χ3n) is 1.88. The SMILES string of the molecule is CN(CCC(F)(F)F)Cc1nnsc1NN. The number of nitrogens with two attached hydrogens (primary N) is 1. The Kier molecular flexibility index (Phi) is 4.44. The average Bonchev–Trinajstić information content (AvgIpc) is 2.61. The van der Waals surface area contributed by atoms with E-state index in [1.165, 1.54) is 4.90 Å². The van der Waals surface area contributed by atoms with Gasteiger partial charge in [-0.1, -0.05) is 4.49 Å². The number of hydrazine groups is 1. The summed E-state index contributed by atoms with van der Waals surface area (Å²) in [5.41, 5.74) is 2.95. The van der Waals surface area contributed by atoms with Crippen LogP contribution in [0.3, 0.4) is 0 Å². The van der Waals surface area contributed by atoms with Crippen LogP contribution in [0.25, 0.3) is 0 Å². The molecule has 0 aromatic carbocycles. The van der Waals surface area contributed by atoms with Crippen molar-refractivity contribution in [2.24, 2.45) is 5.84 Å². The van der Waals surface area contributed by atoms with Gasteiger partial charge >= 0.3 is 6.18 Å². The van der Waals surface area contributed by atoms with Gasteiger partial charge in [-0.2, -0.15) is 13.2 Å². The van der Waals surface area contributed by atoms with Gasteiger partial charge in [-0.25, -0.2) is 5.84 Å². The lowest BCUT2D eigenvalue weighted by Crippen LogP contribution is -2.24. The van der Waals surface area contributed by atoms with Gasteiger partial charge in [0.2, 0.25) is 0 Å². The molecule has 0 bridgehead atoms. The van der Waals surface area contributed by atoms with Gasteiger partial charge in [0, 0.05) is 24.6 Å². The standard InChI is InChI=1S/C7H12F3N5S/c1-15(3-2-7(8,9)10)4-5-6(12-11)16-14-13-5/h12H,2-4,11H2,1H3. The lowest BCUT2D eigenvalue weighted by Gasteiger charge is -2.16. The van der Waals surface area contributed by atoms with Gasteiger partial charge < -0.3 is 10.3 Å². The van der Waals surface area contributed by atoms with E-state index in [4.69, 9.17) is 5.84 Å². The summed E-state index contributed by atoms with van der Waals surface area (Å²) in [4.78, 5) is 1.52. The quantitative estimate of drug-likeness (QED) is 0.611. The Balaban J connectivity index is 2.42. The number of halogens is 3. The normalized spacial score (nSPS) is 12.1. The van der Waals surface area contributed by atoms with Gasteiger partial charge in [0.05, 0.1) is 6.42 Å². The maximum absolute atomic E-state index is 12.0. The van der Waals surface area contributed by atoms with E-state index in [-0.39, 0.29) is 13.1 Å². The molecule has 0 aliphatic carbocycles. The zero-order chi connectivity index (χ0) is 12.2. The molecule has 1 heterocycles. The third-order valence-corrected chi connectivity index (χ3v) is 2.58. The summed E-state index contributed by atoms with van der Waals surface area (Å²) in [5, 5.41) is 4.34. The van der Waals surface area contributed by atoms with E-state index in [0.29, 0.717) is 10.7 Å². The van der Waals surface area contributed by atoms with E-state index < -0.39 is 12.6 Å². The molecular formula is C7H12F3N5S. The topological polar surface area (TPSA) is 67.1 Å². The Labute approximate surface area is 94.6 Å². The van der Waals surface area contributed by atoms with Crippen molar-refractivity contribution < 1.29 is 13.2 Å². The second-order valence-corrected chi connectivity index (χ2v) is 4.05. The highest BCUT2D eigenvalue weighted by Crippen LogP contribution is 2.21. The molecule has 0 radical (unpaired) electrons. The van der Waals surface area contributed by atoms with Gasteiger partial charge in [-0.05, 0) is 7.05 Å². The Hall–Kier alpha value is -0.930. The molecule has 0 atom stereocenters. The fourth-order valence-corrected chi connectivity index (χ4v) is 1.56. The molecule has 3 N–H and O–H groups in total. The van der Waals surface area contributed by atoms with Crippen molar-refractivity contribution in [1.82, 2.24) is 14.5 Å². The third kappa shape index (κ3) is 4.29. The number of nitrogen functional groups attached to an aromatic ring is 1. The molecular weight excluding hydrogens is 243 g/mol. The summed E-state index contributed by atoms with van der Waals surface area (Å²) in [5.74, 6) is 5.20. The van der Waals surface area contributed by atoms with Gasteiger partial charge in [0.25, 0.3) is 0 Å². The highest BCUT2D eigenvalue weighted by Gasteiger charge is 2.27. The van der Waals surface area contributed by atoms with Gasteiger partial charge in [-0.3, -0.25) is 0 Å². The number of nitrogens with one attached hydrogen (secondary N) is 1. The minimum absolute atomic E-state index is 0.0783. The zero-order valence-corrected chi connectivity index (χ0v) is 9.40. The summed E-state index contributed by atoms with van der Waals surface area (Å²) in [6.07, 6.45) is -4.98. The van der Waals surface area contributed by atoms with E-state index >= 15 is 0 Å². The van der Waals surface area contributed by atoms with Crippen molar-refractivity contribution in [3.05, 3.63) is 5.69 Å². The van der Waals surface area contributed by atoms with E-state index in [1.54, 1.807) is 7.05 Å². The van der Waals surface area contributed by atoms with Gasteiger partial charge in [0.1, 0.15) is 10.7 Å². The van der Waals surface area contributed by atoms with Crippen LogP contribution in [0.1, 0.15) is 12.1 Å². The molecule has 0 saturated carbocycles. The van der Waals surface area contributed by atoms with Crippen molar-refractivity contribution in [2.45, 2.75) is 19.1 Å². The van der Waals surface area contributed by atoms with Crippen molar-refractivity contribution in [1.29, 1.82) is 0 Å². The molecule has 5 nitrogen and oxygen atoms in total. The summed E-state index contributed by atoms with van der Waals surface area (Å²) in [6.45, 7) is 0.206. The van der Waals surface area contributed by atoms with Crippen LogP contribution in [0.4, 0.5) is 18.2 Å². The second-order valence-electron chi connectivity index (χ2n) is 3.30. The first-order valence-corrected chi connectivity index (χ1v) is 5.23. The van der Waals surface area contributed by atoms with Crippen LogP contribution in [0.2, 0.25) is 0 Å². The number of nitrogens with zero attached hydrogens (tertiary/aromatic N) is 3. The van der Waals surface area contributed by atoms with Crippen LogP contribution in [0.15, 0.2) is 0 Å². The predicted molar refractivity (Wildman–Crippen MR) is 54.7 cm³/mol. The summed E-state index contributed by atoms with van der Waals surface area (Å²) >= 11 is 1.07. The van der Waals surface area contributed by atoms with Gasteiger partial charge in [0.15, 0.2) is 0 Å². The van der Waals surface area contributed by atoms with Crippen molar-refractivity contribution >= 4 is 16.5 Å². The molecule has 0 spiro atoms. The molecule has 0 aliphatic heterocycles. The molecule has 9 heteroatoms. The smallest absolute Gasteiger partial charge is 0.313 e. The highest BCUT2D eigenvalue weighted by atomic mass is 32.1. The summed E-state index contributed by atoms with van der Waals surface area (Å²) in [7, 11) is 1.59. The number of hydrogen-bond acceptors (Lipinski definition) is 6. The maximum Gasteiger partial charge on any atom is 0.390 e. The Morgan fingerprint density at radius 2 is 2.19 bits per heavy atom. The molecule has 0 fully saturated rings. The lowest BCUT2D eigenvalue weighted by molar-refractivity contribution is -0.137. The molecule has 1 aromatic heterocycles. The Morgan fingerprint density at radius 3 is 2.75 bits per heavy atom. The van der Waals surface area contributed by atoms with E-state index in [2.05, 4.69) is 15.0 Å². The second kappa shape index (κ2) is 5.41. The van der Waals surface area contributed by atoms with E-state index in [0.717, 1.165) is 11.5 Å². The Bertz CT molecular complexity index is 326. The van der Waals surface area contributed by atoms with Gasteiger partial charge in [-0.15, -0.1) is 5.10 Å². The van der Waals surface area contributed by atoms with Crippen LogP contribution < -0.4 is 11.3 Å². The number of rotatable bonds is 5. The minimum Gasteiger partial charge on any atom is -0.313 e. The highest BCUT2D eigenvalue weighted by molar-refractivity contribution is 7.10. The lowest BCUT2D eigenvalue weighted by atomic mass is 10.3. The molecule has 0 aliphatic rings. The molecule has 0 unspecified atom stereocenters. The van der Waals surface area contributed by atoms with Crippen molar-refractivity contribution in [3.8, 4) is 0 Å². The first kappa shape index (κ1) is 13.1. The molecule has 16 heavy (non-hydrogen) atoms. The largest absolute Gasteiger partial charge is 0.390 e. The monoisotopic (exact) mass is 255 g/mol. The number of alkyl halides is 3. The molecule has 0 amide bonds. The average molecular weight is 255 g/mol. The van der Waals surface area contributed by atoms with Crippen LogP contribution in [0, 0.1) is 0 Å². The summed E-state index contributed by atoms with van der Waals surface area (Å²) < 4.78 is 39.5. The van der Waals surface area contributed by atoms with Crippen LogP contribution in [0.5, 0.6) is 0 Å². The molecule has 0 saturated heterocycles. The van der Waals surface area contributed by atoms with E-state index in [1.807, 2.05) is 0 Å². The fraction of sp³-hybridized carbons (Fsp3) is 0.714. The van der Waals surface area contributed by atoms with Crippen molar-refractivity contribution in [3.63, 3.8) is 0 Å². The number of aromatic nitrogens is 2. The first-order valence-electron chi connectivity index (χ1n) is 4.45. The van der Waals surface area contributed by atoms with Crippen LogP contribution in [-0.4, -0.2) is 34.3 Å². The van der Waals surface area contributed by atoms with Crippen molar-refractivity contribution in [2.75, 3.05) is 19.0 Å². The van der Waals surface area contributed by atoms with E-state index in [9.17, 15) is 13.2 Å². The van der Waals surface area contributed by atoms with Crippen LogP contribution >= 0.6 is 11.5 Å². The summed E-state index contributed by atoms with van der Waals surface area (Å²) in [6, 6.07) is 0. The van der Waals surface area contributed by atoms with Crippen LogP contribution in [-0.2, 0) is 6.54 Å². The predicted octanol–water partition coefficient (Wildman–Crippen LogP) is 1.21. The number of hydrogen-bond donors (Lipinski definition) is 2. The Morgan fingerprint density at radius 1 is 1.50 bits per heavy atom. The molecule has 1 aromatic rings. The first-order chi connectivity index (χ1) is 7.42. The maximum atomic E-state index is 12.0. The minimum atomic E-state index is -4.14. The number of anilines is 1.